The van der Waals surface area contributed by atoms with E-state index in [1.807, 2.05) is 48.1 Å². The number of carbonyl (C=O) groups is 1. The molecule has 2 N–H and O–H groups in total. The minimum atomic E-state index is -0.283. The van der Waals surface area contributed by atoms with Crippen LogP contribution in [0, 0.1) is 6.92 Å². The Morgan fingerprint density at radius 2 is 1.89 bits per heavy atom. The first kappa shape index (κ1) is 19.6. The summed E-state index contributed by atoms with van der Waals surface area (Å²) < 4.78 is 1.89. The minimum Gasteiger partial charge on any atom is -0.394 e. The molecular formula is C23H25N3O2. The van der Waals surface area contributed by atoms with Gasteiger partial charge in [0.25, 0.3) is 0 Å². The van der Waals surface area contributed by atoms with E-state index in [2.05, 4.69) is 29.6 Å². The van der Waals surface area contributed by atoms with Gasteiger partial charge in [-0.15, -0.1) is 0 Å². The standard InChI is InChI=1S/C23H25N3O2/c1-17-8-10-20(11-9-17)23-21(12-13-22(28)24-18(2)16-27)15-26(25-23)14-19-6-4-3-5-7-19/h3-13,15,18,27H,14,16H2,1-2H3,(H,24,28)/b13-12+. The number of amides is 1. The van der Waals surface area contributed by atoms with Gasteiger partial charge in [-0.3, -0.25) is 9.48 Å². The zero-order chi connectivity index (χ0) is 19.9. The van der Waals surface area contributed by atoms with E-state index in [1.165, 1.54) is 11.6 Å². The van der Waals surface area contributed by atoms with Gasteiger partial charge in [0.05, 0.1) is 18.8 Å². The van der Waals surface area contributed by atoms with Crippen molar-refractivity contribution in [2.75, 3.05) is 6.61 Å². The van der Waals surface area contributed by atoms with Crippen LogP contribution in [-0.4, -0.2) is 33.4 Å². The molecule has 3 aromatic rings. The second kappa shape index (κ2) is 9.15. The Morgan fingerprint density at radius 1 is 1.18 bits per heavy atom. The maximum atomic E-state index is 12.0. The van der Waals surface area contributed by atoms with Crippen molar-refractivity contribution in [2.45, 2.75) is 26.4 Å². The summed E-state index contributed by atoms with van der Waals surface area (Å²) in [5.41, 5.74) is 5.04. The summed E-state index contributed by atoms with van der Waals surface area (Å²) in [6.45, 7) is 4.36. The van der Waals surface area contributed by atoms with E-state index >= 15 is 0 Å². The SMILES string of the molecule is Cc1ccc(-c2nn(Cc3ccccc3)cc2/C=C/C(=O)NC(C)CO)cc1. The summed E-state index contributed by atoms with van der Waals surface area (Å²) >= 11 is 0. The number of hydrogen-bond acceptors (Lipinski definition) is 3. The molecule has 28 heavy (non-hydrogen) atoms. The Bertz CT molecular complexity index is 944. The Morgan fingerprint density at radius 3 is 2.57 bits per heavy atom. The first-order chi connectivity index (χ1) is 13.5. The zero-order valence-electron chi connectivity index (χ0n) is 16.2. The summed E-state index contributed by atoms with van der Waals surface area (Å²) in [7, 11) is 0. The van der Waals surface area contributed by atoms with Gasteiger partial charge < -0.3 is 10.4 Å². The predicted molar refractivity (Wildman–Crippen MR) is 112 cm³/mol. The Hall–Kier alpha value is -3.18. The molecule has 0 radical (unpaired) electrons. The number of aliphatic hydroxyl groups is 1. The second-order valence-electron chi connectivity index (χ2n) is 6.91. The predicted octanol–water partition coefficient (Wildman–Crippen LogP) is 3.42. The number of nitrogens with one attached hydrogen (secondary N) is 1. The fraction of sp³-hybridized carbons (Fsp3) is 0.217. The average molecular weight is 375 g/mol. The molecule has 0 aliphatic rings. The third-order valence-corrected chi connectivity index (χ3v) is 4.38. The van der Waals surface area contributed by atoms with Crippen molar-refractivity contribution < 1.29 is 9.90 Å². The van der Waals surface area contributed by atoms with Gasteiger partial charge in [0.15, 0.2) is 0 Å². The van der Waals surface area contributed by atoms with Gasteiger partial charge in [-0.2, -0.15) is 5.10 Å². The molecule has 1 heterocycles. The van der Waals surface area contributed by atoms with E-state index in [1.54, 1.807) is 13.0 Å². The molecule has 0 saturated carbocycles. The van der Waals surface area contributed by atoms with E-state index in [-0.39, 0.29) is 18.6 Å². The third kappa shape index (κ3) is 5.18. The lowest BCUT2D eigenvalue weighted by Gasteiger charge is -2.07. The fourth-order valence-corrected chi connectivity index (χ4v) is 2.85. The Labute approximate surface area is 165 Å². The van der Waals surface area contributed by atoms with Crippen LogP contribution in [0.25, 0.3) is 17.3 Å². The van der Waals surface area contributed by atoms with Crippen molar-refractivity contribution in [3.63, 3.8) is 0 Å². The average Bonchev–Trinajstić information content (AvgIpc) is 3.10. The van der Waals surface area contributed by atoms with E-state index < -0.39 is 0 Å². The molecule has 5 heteroatoms. The minimum absolute atomic E-state index is 0.0940. The van der Waals surface area contributed by atoms with Crippen molar-refractivity contribution in [3.8, 4) is 11.3 Å². The van der Waals surface area contributed by atoms with Crippen molar-refractivity contribution in [2.24, 2.45) is 0 Å². The smallest absolute Gasteiger partial charge is 0.244 e. The van der Waals surface area contributed by atoms with Crippen LogP contribution >= 0.6 is 0 Å². The van der Waals surface area contributed by atoms with E-state index in [4.69, 9.17) is 10.2 Å². The molecular weight excluding hydrogens is 350 g/mol. The molecule has 1 unspecified atom stereocenters. The van der Waals surface area contributed by atoms with E-state index in [0.29, 0.717) is 6.54 Å². The normalized spacial score (nSPS) is 12.2. The zero-order valence-corrected chi connectivity index (χ0v) is 16.2. The number of aryl methyl sites for hydroxylation is 1. The van der Waals surface area contributed by atoms with Crippen molar-refractivity contribution in [3.05, 3.63) is 83.6 Å². The van der Waals surface area contributed by atoms with Crippen LogP contribution in [-0.2, 0) is 11.3 Å². The highest BCUT2D eigenvalue weighted by atomic mass is 16.3. The molecule has 0 bridgehead atoms. The number of aromatic nitrogens is 2. The van der Waals surface area contributed by atoms with Crippen LogP contribution < -0.4 is 5.32 Å². The van der Waals surface area contributed by atoms with Gasteiger partial charge in [0.1, 0.15) is 0 Å². The van der Waals surface area contributed by atoms with Crippen LogP contribution in [0.1, 0.15) is 23.6 Å². The topological polar surface area (TPSA) is 67.2 Å². The summed E-state index contributed by atoms with van der Waals surface area (Å²) in [5, 5.41) is 16.5. The molecule has 144 valence electrons. The van der Waals surface area contributed by atoms with Gasteiger partial charge in [0.2, 0.25) is 5.91 Å². The van der Waals surface area contributed by atoms with E-state index in [9.17, 15) is 4.79 Å². The van der Waals surface area contributed by atoms with Gasteiger partial charge in [-0.05, 0) is 25.5 Å². The molecule has 0 saturated heterocycles. The summed E-state index contributed by atoms with van der Waals surface area (Å²) in [4.78, 5) is 12.0. The quantitative estimate of drug-likeness (QED) is 0.622. The largest absolute Gasteiger partial charge is 0.394 e. The Kier molecular flexibility index (Phi) is 6.40. The van der Waals surface area contributed by atoms with Gasteiger partial charge in [0, 0.05) is 29.4 Å². The molecule has 0 aliphatic heterocycles. The lowest BCUT2D eigenvalue weighted by Crippen LogP contribution is -2.33. The molecule has 0 spiro atoms. The lowest BCUT2D eigenvalue weighted by atomic mass is 10.1. The third-order valence-electron chi connectivity index (χ3n) is 4.38. The van der Waals surface area contributed by atoms with Gasteiger partial charge in [-0.1, -0.05) is 60.2 Å². The number of rotatable bonds is 7. The number of benzene rings is 2. The number of nitrogens with zero attached hydrogens (tertiary/aromatic N) is 2. The maximum absolute atomic E-state index is 12.0. The highest BCUT2D eigenvalue weighted by Crippen LogP contribution is 2.24. The molecule has 1 amide bonds. The first-order valence-corrected chi connectivity index (χ1v) is 9.33. The van der Waals surface area contributed by atoms with E-state index in [0.717, 1.165) is 22.4 Å². The van der Waals surface area contributed by atoms with Crippen LogP contribution in [0.2, 0.25) is 0 Å². The second-order valence-corrected chi connectivity index (χ2v) is 6.91. The molecule has 2 aromatic carbocycles. The van der Waals surface area contributed by atoms with Crippen LogP contribution in [0.5, 0.6) is 0 Å². The number of aliphatic hydroxyl groups excluding tert-OH is 1. The molecule has 0 fully saturated rings. The maximum Gasteiger partial charge on any atom is 0.244 e. The van der Waals surface area contributed by atoms with Crippen LogP contribution in [0.3, 0.4) is 0 Å². The number of hydrogen-bond donors (Lipinski definition) is 2. The molecule has 1 atom stereocenters. The molecule has 0 aliphatic carbocycles. The monoisotopic (exact) mass is 375 g/mol. The van der Waals surface area contributed by atoms with Crippen LogP contribution in [0.15, 0.2) is 66.9 Å². The Balaban J connectivity index is 1.89. The lowest BCUT2D eigenvalue weighted by molar-refractivity contribution is -0.117. The van der Waals surface area contributed by atoms with Crippen molar-refractivity contribution in [1.82, 2.24) is 15.1 Å². The summed E-state index contributed by atoms with van der Waals surface area (Å²) in [5.74, 6) is -0.243. The van der Waals surface area contributed by atoms with Crippen molar-refractivity contribution in [1.29, 1.82) is 0 Å². The molecule has 1 aromatic heterocycles. The fourth-order valence-electron chi connectivity index (χ4n) is 2.85. The summed E-state index contributed by atoms with van der Waals surface area (Å²) in [6.07, 6.45) is 5.19. The molecule has 3 rings (SSSR count). The highest BCUT2D eigenvalue weighted by Gasteiger charge is 2.11. The summed E-state index contributed by atoms with van der Waals surface area (Å²) in [6, 6.07) is 18.0. The van der Waals surface area contributed by atoms with Crippen molar-refractivity contribution >= 4 is 12.0 Å². The number of carbonyl (C=O) groups excluding carboxylic acids is 1. The van der Waals surface area contributed by atoms with Gasteiger partial charge >= 0.3 is 0 Å². The molecule has 5 nitrogen and oxygen atoms in total. The highest BCUT2D eigenvalue weighted by molar-refractivity contribution is 5.93. The first-order valence-electron chi connectivity index (χ1n) is 9.33. The van der Waals surface area contributed by atoms with Crippen LogP contribution in [0.4, 0.5) is 0 Å². The van der Waals surface area contributed by atoms with Gasteiger partial charge in [-0.25, -0.2) is 0 Å².